The van der Waals surface area contributed by atoms with Crippen LogP contribution in [0.1, 0.15) is 67.9 Å². The van der Waals surface area contributed by atoms with Crippen molar-refractivity contribution >= 4 is 28.7 Å². The van der Waals surface area contributed by atoms with Crippen LogP contribution in [-0.2, 0) is 17.5 Å². The second kappa shape index (κ2) is 12.2. The number of aromatic carboxylic acids is 1. The molecule has 10 nitrogen and oxygen atoms in total. The van der Waals surface area contributed by atoms with Gasteiger partial charge in [0.1, 0.15) is 17.4 Å². The lowest BCUT2D eigenvalue weighted by Crippen LogP contribution is -2.43. The number of pyridine rings is 1. The predicted octanol–water partition coefficient (Wildman–Crippen LogP) is 6.49. The number of carboxylic acids is 1. The van der Waals surface area contributed by atoms with Crippen molar-refractivity contribution in [3.8, 4) is 11.6 Å². The number of ether oxygens (including phenoxy) is 1. The van der Waals surface area contributed by atoms with Crippen molar-refractivity contribution in [2.24, 2.45) is 11.8 Å². The Morgan fingerprint density at radius 1 is 1.09 bits per heavy atom. The van der Waals surface area contributed by atoms with E-state index in [4.69, 9.17) is 4.74 Å². The van der Waals surface area contributed by atoms with Gasteiger partial charge in [0.2, 0.25) is 11.8 Å². The molecule has 0 spiro atoms. The van der Waals surface area contributed by atoms with E-state index < -0.39 is 46.8 Å². The van der Waals surface area contributed by atoms with Crippen molar-refractivity contribution in [1.82, 2.24) is 24.5 Å². The Morgan fingerprint density at radius 2 is 1.82 bits per heavy atom. The summed E-state index contributed by atoms with van der Waals surface area (Å²) in [5.41, 5.74) is -0.983. The molecule has 0 aliphatic heterocycles. The second-order valence-corrected chi connectivity index (χ2v) is 11.3. The summed E-state index contributed by atoms with van der Waals surface area (Å²) in [6, 6.07) is 1.89. The van der Waals surface area contributed by atoms with E-state index in [1.54, 1.807) is 18.4 Å². The molecular formula is C30H30F4N6O4. The zero-order chi connectivity index (χ0) is 31.8. The van der Waals surface area contributed by atoms with E-state index in [1.165, 1.54) is 23.8 Å². The van der Waals surface area contributed by atoms with Crippen LogP contribution in [0.5, 0.6) is 11.6 Å². The number of amides is 1. The van der Waals surface area contributed by atoms with E-state index in [1.807, 2.05) is 0 Å². The molecule has 0 unspecified atom stereocenters. The number of carbonyl (C=O) groups is 2. The highest BCUT2D eigenvalue weighted by molar-refractivity contribution is 6.03. The second-order valence-electron chi connectivity index (χ2n) is 11.3. The molecule has 1 amide bonds. The number of hydrogen-bond donors (Lipinski definition) is 1. The van der Waals surface area contributed by atoms with Crippen molar-refractivity contribution < 1.29 is 37.0 Å². The highest BCUT2D eigenvalue weighted by Crippen LogP contribution is 2.40. The first-order valence-corrected chi connectivity index (χ1v) is 14.1. The SMILES string of the molecule is CC1CCC(C(=O)N(c2cc(F)c(Oc3ncc(Cn4cnc5ncncc54)cc3C(F)(F)F)cc2C(=O)O)C(C)C)CC1. The topological polar surface area (TPSA) is 123 Å². The highest BCUT2D eigenvalue weighted by atomic mass is 19.4. The Labute approximate surface area is 249 Å². The van der Waals surface area contributed by atoms with E-state index in [0.717, 1.165) is 37.2 Å². The largest absolute Gasteiger partial charge is 0.478 e. The first-order valence-electron chi connectivity index (χ1n) is 14.1. The Morgan fingerprint density at radius 3 is 2.48 bits per heavy atom. The van der Waals surface area contributed by atoms with Crippen molar-refractivity contribution in [2.45, 2.75) is 65.2 Å². The minimum Gasteiger partial charge on any atom is -0.478 e. The highest BCUT2D eigenvalue weighted by Gasteiger charge is 2.37. The first kappa shape index (κ1) is 30.8. The van der Waals surface area contributed by atoms with Crippen LogP contribution in [0.3, 0.4) is 0 Å². The summed E-state index contributed by atoms with van der Waals surface area (Å²) in [5, 5.41) is 9.99. The van der Waals surface area contributed by atoms with Gasteiger partial charge < -0.3 is 19.3 Å². The van der Waals surface area contributed by atoms with Gasteiger partial charge in [0.05, 0.1) is 30.3 Å². The molecule has 0 bridgehead atoms. The van der Waals surface area contributed by atoms with E-state index in [-0.39, 0.29) is 29.6 Å². The van der Waals surface area contributed by atoms with Crippen molar-refractivity contribution in [2.75, 3.05) is 4.90 Å². The Kier molecular flexibility index (Phi) is 8.53. The molecule has 1 N–H and O–H groups in total. The van der Waals surface area contributed by atoms with Crippen LogP contribution in [0.4, 0.5) is 23.2 Å². The van der Waals surface area contributed by atoms with Gasteiger partial charge >= 0.3 is 12.1 Å². The van der Waals surface area contributed by atoms with Crippen LogP contribution >= 0.6 is 0 Å². The summed E-state index contributed by atoms with van der Waals surface area (Å²) in [5.74, 6) is -4.59. The number of carboxylic acid groups (broad SMARTS) is 1. The van der Waals surface area contributed by atoms with E-state index in [9.17, 15) is 27.9 Å². The maximum absolute atomic E-state index is 15.5. The van der Waals surface area contributed by atoms with Crippen LogP contribution in [0, 0.1) is 17.7 Å². The molecular weight excluding hydrogens is 584 g/mol. The van der Waals surface area contributed by atoms with E-state index in [2.05, 4.69) is 26.9 Å². The van der Waals surface area contributed by atoms with Crippen molar-refractivity contribution in [1.29, 1.82) is 0 Å². The maximum Gasteiger partial charge on any atom is 0.421 e. The fourth-order valence-electron chi connectivity index (χ4n) is 5.44. The molecule has 0 radical (unpaired) electrons. The Bertz CT molecular complexity index is 1700. The number of imidazole rings is 1. The lowest BCUT2D eigenvalue weighted by atomic mass is 9.82. The van der Waals surface area contributed by atoms with Gasteiger partial charge in [-0.1, -0.05) is 6.92 Å². The molecule has 1 fully saturated rings. The molecule has 5 rings (SSSR count). The number of rotatable bonds is 8. The van der Waals surface area contributed by atoms with Gasteiger partial charge in [0.25, 0.3) is 0 Å². The Balaban J connectivity index is 1.48. The van der Waals surface area contributed by atoms with Gasteiger partial charge in [0.15, 0.2) is 17.2 Å². The number of hydrogen-bond acceptors (Lipinski definition) is 7. The van der Waals surface area contributed by atoms with E-state index in [0.29, 0.717) is 29.9 Å². The fraction of sp³-hybridized carbons (Fsp3) is 0.400. The molecule has 3 heterocycles. The zero-order valence-corrected chi connectivity index (χ0v) is 24.2. The maximum atomic E-state index is 15.5. The average molecular weight is 615 g/mol. The van der Waals surface area contributed by atoms with Crippen molar-refractivity contribution in [3.63, 3.8) is 0 Å². The quantitative estimate of drug-likeness (QED) is 0.224. The molecule has 0 saturated heterocycles. The third-order valence-corrected chi connectivity index (χ3v) is 7.73. The average Bonchev–Trinajstić information content (AvgIpc) is 3.37. The summed E-state index contributed by atoms with van der Waals surface area (Å²) in [4.78, 5) is 42.9. The minimum absolute atomic E-state index is 0.0502. The number of halogens is 4. The number of aromatic nitrogens is 5. The molecule has 3 aromatic heterocycles. The number of anilines is 1. The summed E-state index contributed by atoms with van der Waals surface area (Å²) >= 11 is 0. The zero-order valence-electron chi connectivity index (χ0n) is 24.2. The van der Waals surface area contributed by atoms with Gasteiger partial charge in [-0.25, -0.2) is 29.1 Å². The van der Waals surface area contributed by atoms with Crippen LogP contribution < -0.4 is 9.64 Å². The van der Waals surface area contributed by atoms with E-state index >= 15 is 4.39 Å². The van der Waals surface area contributed by atoms with Gasteiger partial charge in [-0.05, 0) is 57.1 Å². The number of alkyl halides is 3. The monoisotopic (exact) mass is 614 g/mol. The minimum atomic E-state index is -4.94. The molecule has 0 atom stereocenters. The summed E-state index contributed by atoms with van der Waals surface area (Å²) < 4.78 is 64.7. The van der Waals surface area contributed by atoms with Crippen molar-refractivity contribution in [3.05, 3.63) is 65.8 Å². The number of nitrogens with zero attached hydrogens (tertiary/aromatic N) is 6. The standard InChI is InChI=1S/C30H30F4N6O4/c1-16(2)40(28(41)19-6-4-17(3)5-7-19)23-10-22(31)25(9-20(23)29(42)43)44-27-21(30(32,33)34)8-18(11-36-27)13-39-15-38-26-24(39)12-35-14-37-26/h8-12,14-17,19H,4-7,13H2,1-3H3,(H,42,43). The molecule has 1 saturated carbocycles. The number of fused-ring (bicyclic) bond motifs is 1. The summed E-state index contributed by atoms with van der Waals surface area (Å²) in [6.45, 7) is 5.41. The molecule has 4 aromatic rings. The van der Waals surface area contributed by atoms with Gasteiger partial charge in [0, 0.05) is 30.3 Å². The van der Waals surface area contributed by atoms with Crippen LogP contribution in [0.15, 0.2) is 43.2 Å². The van der Waals surface area contributed by atoms with Crippen LogP contribution in [0.2, 0.25) is 0 Å². The predicted molar refractivity (Wildman–Crippen MR) is 151 cm³/mol. The number of carbonyl (C=O) groups excluding carboxylic acids is 1. The normalized spacial score (nSPS) is 17.2. The summed E-state index contributed by atoms with van der Waals surface area (Å²) in [6.07, 6.45) is 3.31. The lowest BCUT2D eigenvalue weighted by molar-refractivity contribution is -0.139. The molecule has 1 aliphatic rings. The summed E-state index contributed by atoms with van der Waals surface area (Å²) in [7, 11) is 0. The number of benzene rings is 1. The smallest absolute Gasteiger partial charge is 0.421 e. The van der Waals surface area contributed by atoms with Gasteiger partial charge in [-0.2, -0.15) is 13.2 Å². The molecule has 44 heavy (non-hydrogen) atoms. The lowest BCUT2D eigenvalue weighted by Gasteiger charge is -2.34. The molecule has 1 aromatic carbocycles. The van der Waals surface area contributed by atoms with Gasteiger partial charge in [-0.3, -0.25) is 4.79 Å². The fourth-order valence-corrected chi connectivity index (χ4v) is 5.44. The molecule has 232 valence electrons. The van der Waals surface area contributed by atoms with Crippen LogP contribution in [-0.4, -0.2) is 47.5 Å². The third kappa shape index (κ3) is 6.33. The van der Waals surface area contributed by atoms with Crippen LogP contribution in [0.25, 0.3) is 11.2 Å². The third-order valence-electron chi connectivity index (χ3n) is 7.73. The molecule has 1 aliphatic carbocycles. The first-order chi connectivity index (χ1) is 20.8. The van der Waals surface area contributed by atoms with Gasteiger partial charge in [-0.15, -0.1) is 0 Å². The Hall–Kier alpha value is -4.62. The molecule has 14 heteroatoms.